The highest BCUT2D eigenvalue weighted by Gasteiger charge is 2.49. The lowest BCUT2D eigenvalue weighted by molar-refractivity contribution is -0.165. The zero-order valence-corrected chi connectivity index (χ0v) is 10.3. The predicted octanol–water partition coefficient (Wildman–Crippen LogP) is 1.29. The Morgan fingerprint density at radius 1 is 1.11 bits per heavy atom. The highest BCUT2D eigenvalue weighted by atomic mass is 16.5. The maximum absolute atomic E-state index is 11.4. The summed E-state index contributed by atoms with van der Waals surface area (Å²) in [5.41, 5.74) is -1.01. The first-order chi connectivity index (χ1) is 8.43. The first-order valence-corrected chi connectivity index (χ1v) is 5.95. The molecule has 102 valence electrons. The molecule has 0 heterocycles. The molecule has 0 unspecified atom stereocenters. The molecule has 1 fully saturated rings. The summed E-state index contributed by atoms with van der Waals surface area (Å²) in [5.74, 6) is -4.86. The molecule has 0 aliphatic heterocycles. The molecule has 0 aromatic heterocycles. The topological polar surface area (TPSA) is 101 Å². The monoisotopic (exact) mass is 258 g/mol. The molecule has 1 saturated carbocycles. The normalized spacial score (nSPS) is 18.3. The van der Waals surface area contributed by atoms with Crippen molar-refractivity contribution in [2.45, 2.75) is 38.5 Å². The van der Waals surface area contributed by atoms with Crippen molar-refractivity contribution in [1.82, 2.24) is 0 Å². The second kappa shape index (κ2) is 5.84. The van der Waals surface area contributed by atoms with Gasteiger partial charge in [0.15, 0.2) is 5.92 Å². The van der Waals surface area contributed by atoms with Crippen LogP contribution in [0, 0.1) is 11.3 Å². The number of carboxylic acids is 2. The third-order valence-electron chi connectivity index (χ3n) is 3.68. The second-order valence-corrected chi connectivity index (χ2v) is 4.79. The van der Waals surface area contributed by atoms with E-state index in [1.807, 2.05) is 0 Å². The molecule has 0 spiro atoms. The van der Waals surface area contributed by atoms with Crippen LogP contribution in [0.15, 0.2) is 0 Å². The van der Waals surface area contributed by atoms with Gasteiger partial charge in [-0.1, -0.05) is 19.3 Å². The van der Waals surface area contributed by atoms with Crippen molar-refractivity contribution in [3.05, 3.63) is 0 Å². The molecule has 0 radical (unpaired) electrons. The number of esters is 1. The Balaban J connectivity index is 3.04. The van der Waals surface area contributed by atoms with Gasteiger partial charge in [-0.2, -0.15) is 0 Å². The molecule has 6 heteroatoms. The van der Waals surface area contributed by atoms with E-state index in [-0.39, 0.29) is 6.42 Å². The molecule has 0 aromatic carbocycles. The van der Waals surface area contributed by atoms with Crippen molar-refractivity contribution in [2.24, 2.45) is 11.3 Å². The highest BCUT2D eigenvalue weighted by molar-refractivity contribution is 5.94. The van der Waals surface area contributed by atoms with Crippen LogP contribution in [0.5, 0.6) is 0 Å². The van der Waals surface area contributed by atoms with Crippen molar-refractivity contribution in [2.75, 3.05) is 7.11 Å². The molecule has 0 atom stereocenters. The van der Waals surface area contributed by atoms with Gasteiger partial charge in [0.2, 0.25) is 0 Å². The molecule has 6 nitrogen and oxygen atoms in total. The van der Waals surface area contributed by atoms with E-state index in [2.05, 4.69) is 4.74 Å². The first kappa shape index (κ1) is 14.5. The van der Waals surface area contributed by atoms with Crippen LogP contribution in [-0.4, -0.2) is 35.2 Å². The maximum atomic E-state index is 11.4. The third-order valence-corrected chi connectivity index (χ3v) is 3.68. The molecule has 0 saturated heterocycles. The van der Waals surface area contributed by atoms with Crippen LogP contribution in [0.2, 0.25) is 0 Å². The quantitative estimate of drug-likeness (QED) is 0.569. The van der Waals surface area contributed by atoms with Crippen molar-refractivity contribution in [1.29, 1.82) is 0 Å². The fraction of sp³-hybridized carbons (Fsp3) is 0.750. The Bertz CT molecular complexity index is 328. The van der Waals surface area contributed by atoms with Crippen molar-refractivity contribution >= 4 is 17.9 Å². The summed E-state index contributed by atoms with van der Waals surface area (Å²) >= 11 is 0. The average molecular weight is 258 g/mol. The van der Waals surface area contributed by atoms with E-state index in [1.165, 1.54) is 7.11 Å². The van der Waals surface area contributed by atoms with Crippen LogP contribution in [-0.2, 0) is 19.1 Å². The van der Waals surface area contributed by atoms with E-state index in [4.69, 9.17) is 10.2 Å². The number of rotatable bonds is 5. The number of hydrogen-bond acceptors (Lipinski definition) is 4. The first-order valence-electron chi connectivity index (χ1n) is 5.95. The summed E-state index contributed by atoms with van der Waals surface area (Å²) < 4.78 is 4.56. The van der Waals surface area contributed by atoms with E-state index in [1.54, 1.807) is 0 Å². The molecule has 0 bridgehead atoms. The zero-order valence-electron chi connectivity index (χ0n) is 10.3. The highest BCUT2D eigenvalue weighted by Crippen LogP contribution is 2.46. The molecule has 1 rings (SSSR count). The number of carbonyl (C=O) groups excluding carboxylic acids is 1. The Labute approximate surface area is 105 Å². The van der Waals surface area contributed by atoms with Crippen molar-refractivity contribution < 1.29 is 29.3 Å². The molecule has 0 amide bonds. The smallest absolute Gasteiger partial charge is 0.318 e. The molecule has 2 N–H and O–H groups in total. The Morgan fingerprint density at radius 3 is 2.00 bits per heavy atom. The molecule has 0 aromatic rings. The molecule has 18 heavy (non-hydrogen) atoms. The van der Waals surface area contributed by atoms with Gasteiger partial charge in [-0.05, 0) is 12.8 Å². The van der Waals surface area contributed by atoms with E-state index >= 15 is 0 Å². The summed E-state index contributed by atoms with van der Waals surface area (Å²) in [5, 5.41) is 18.2. The lowest BCUT2D eigenvalue weighted by Gasteiger charge is -2.39. The van der Waals surface area contributed by atoms with Crippen LogP contribution < -0.4 is 0 Å². The van der Waals surface area contributed by atoms with Crippen LogP contribution in [0.3, 0.4) is 0 Å². The van der Waals surface area contributed by atoms with Gasteiger partial charge in [0.25, 0.3) is 0 Å². The van der Waals surface area contributed by atoms with Gasteiger partial charge in [0.1, 0.15) is 0 Å². The second-order valence-electron chi connectivity index (χ2n) is 4.79. The Hall–Kier alpha value is -1.59. The summed E-state index contributed by atoms with van der Waals surface area (Å²) in [6.45, 7) is 0. The van der Waals surface area contributed by atoms with Crippen molar-refractivity contribution in [3.8, 4) is 0 Å². The van der Waals surface area contributed by atoms with Gasteiger partial charge < -0.3 is 14.9 Å². The largest absolute Gasteiger partial charge is 0.481 e. The predicted molar refractivity (Wildman–Crippen MR) is 60.9 cm³/mol. The lowest BCUT2D eigenvalue weighted by atomic mass is 9.64. The SMILES string of the molecule is COC(=O)CC1(C(C(=O)O)C(=O)O)CCCCC1. The van der Waals surface area contributed by atoms with Gasteiger partial charge in [-0.3, -0.25) is 14.4 Å². The number of aliphatic carboxylic acids is 2. The Morgan fingerprint density at radius 2 is 1.61 bits per heavy atom. The number of methoxy groups -OCH3 is 1. The zero-order chi connectivity index (χ0) is 13.8. The third kappa shape index (κ3) is 3.00. The van der Waals surface area contributed by atoms with Gasteiger partial charge >= 0.3 is 17.9 Å². The van der Waals surface area contributed by atoms with Gasteiger partial charge in [0, 0.05) is 5.41 Å². The average Bonchev–Trinajstić information content (AvgIpc) is 2.28. The number of ether oxygens (including phenoxy) is 1. The van der Waals surface area contributed by atoms with Gasteiger partial charge in [-0.15, -0.1) is 0 Å². The summed E-state index contributed by atoms with van der Waals surface area (Å²) in [7, 11) is 1.22. The fourth-order valence-electron chi connectivity index (χ4n) is 2.81. The van der Waals surface area contributed by atoms with Crippen LogP contribution in [0.4, 0.5) is 0 Å². The Kier molecular flexibility index (Phi) is 4.69. The van der Waals surface area contributed by atoms with Gasteiger partial charge in [0.05, 0.1) is 13.5 Å². The van der Waals surface area contributed by atoms with Crippen LogP contribution >= 0.6 is 0 Å². The van der Waals surface area contributed by atoms with Crippen LogP contribution in [0.1, 0.15) is 38.5 Å². The fourth-order valence-corrected chi connectivity index (χ4v) is 2.81. The maximum Gasteiger partial charge on any atom is 0.318 e. The van der Waals surface area contributed by atoms with E-state index in [0.29, 0.717) is 12.8 Å². The minimum atomic E-state index is -1.54. The van der Waals surface area contributed by atoms with E-state index in [9.17, 15) is 14.4 Å². The van der Waals surface area contributed by atoms with Gasteiger partial charge in [-0.25, -0.2) is 0 Å². The minimum Gasteiger partial charge on any atom is -0.481 e. The summed E-state index contributed by atoms with van der Waals surface area (Å²) in [6.07, 6.45) is 3.15. The number of carboxylic acid groups (broad SMARTS) is 2. The molecule has 1 aliphatic rings. The van der Waals surface area contributed by atoms with E-state index < -0.39 is 29.2 Å². The lowest BCUT2D eigenvalue weighted by Crippen LogP contribution is -2.44. The molecule has 1 aliphatic carbocycles. The molecular weight excluding hydrogens is 240 g/mol. The van der Waals surface area contributed by atoms with Crippen molar-refractivity contribution in [3.63, 3.8) is 0 Å². The van der Waals surface area contributed by atoms with Crippen LogP contribution in [0.25, 0.3) is 0 Å². The summed E-state index contributed by atoms with van der Waals surface area (Å²) in [4.78, 5) is 33.8. The molecular formula is C12H18O6. The minimum absolute atomic E-state index is 0.146. The number of carbonyl (C=O) groups is 3. The van der Waals surface area contributed by atoms with E-state index in [0.717, 1.165) is 19.3 Å². The number of hydrogen-bond donors (Lipinski definition) is 2. The summed E-state index contributed by atoms with van der Waals surface area (Å²) in [6, 6.07) is 0. The standard InChI is InChI=1S/C12H18O6/c1-18-8(13)7-12(5-3-2-4-6-12)9(10(14)15)11(16)17/h9H,2-7H2,1H3,(H,14,15)(H,16,17).